The van der Waals surface area contributed by atoms with Gasteiger partial charge in [-0.1, -0.05) is 0 Å². The summed E-state index contributed by atoms with van der Waals surface area (Å²) >= 11 is 0. The first-order valence-electron chi connectivity index (χ1n) is 7.15. The Kier molecular flexibility index (Phi) is 2.94. The maximum atomic E-state index is 14.0. The van der Waals surface area contributed by atoms with Crippen LogP contribution in [0, 0.1) is 11.6 Å². The molecule has 4 nitrogen and oxygen atoms in total. The van der Waals surface area contributed by atoms with Crippen molar-refractivity contribution in [1.82, 2.24) is 14.4 Å². The van der Waals surface area contributed by atoms with Crippen LogP contribution in [0.3, 0.4) is 0 Å². The molecule has 112 valence electrons. The quantitative estimate of drug-likeness (QED) is 0.749. The maximum Gasteiger partial charge on any atom is 0.234 e. The third-order valence-electron chi connectivity index (χ3n) is 4.30. The van der Waals surface area contributed by atoms with E-state index >= 15 is 0 Å². The normalized spacial score (nSPS) is 21.0. The van der Waals surface area contributed by atoms with E-state index < -0.39 is 11.6 Å². The Balaban J connectivity index is 1.80. The molecule has 0 saturated carbocycles. The van der Waals surface area contributed by atoms with Crippen LogP contribution < -0.4 is 5.73 Å². The summed E-state index contributed by atoms with van der Waals surface area (Å²) in [4.78, 5) is 8.71. The zero-order valence-electron chi connectivity index (χ0n) is 11.7. The highest BCUT2D eigenvalue weighted by molar-refractivity contribution is 5.40. The van der Waals surface area contributed by atoms with Crippen LogP contribution in [0.5, 0.6) is 0 Å². The van der Waals surface area contributed by atoms with Crippen molar-refractivity contribution >= 4 is 5.78 Å². The van der Waals surface area contributed by atoms with Gasteiger partial charge in [0.25, 0.3) is 0 Å². The van der Waals surface area contributed by atoms with Gasteiger partial charge in [0.2, 0.25) is 5.78 Å². The highest BCUT2D eigenvalue weighted by Gasteiger charge is 2.32. The first-order chi connectivity index (χ1) is 10.6. The van der Waals surface area contributed by atoms with Gasteiger partial charge in [-0.2, -0.15) is 0 Å². The molecule has 2 atom stereocenters. The van der Waals surface area contributed by atoms with Crippen LogP contribution in [0.1, 0.15) is 22.9 Å². The second kappa shape index (κ2) is 4.84. The van der Waals surface area contributed by atoms with Crippen LogP contribution in [0.15, 0.2) is 36.7 Å². The van der Waals surface area contributed by atoms with Crippen molar-refractivity contribution in [3.05, 3.63) is 65.2 Å². The molecule has 4 rings (SSSR count). The van der Waals surface area contributed by atoms with Crippen molar-refractivity contribution in [2.75, 3.05) is 0 Å². The van der Waals surface area contributed by atoms with E-state index in [0.29, 0.717) is 24.2 Å². The molecule has 0 spiro atoms. The van der Waals surface area contributed by atoms with Crippen LogP contribution in [-0.4, -0.2) is 20.4 Å². The van der Waals surface area contributed by atoms with Crippen LogP contribution >= 0.6 is 0 Å². The summed E-state index contributed by atoms with van der Waals surface area (Å²) < 4.78 is 29.4. The van der Waals surface area contributed by atoms with E-state index in [1.165, 1.54) is 6.07 Å². The van der Waals surface area contributed by atoms with E-state index in [1.807, 2.05) is 16.7 Å². The molecule has 0 aliphatic heterocycles. The second-order valence-electron chi connectivity index (χ2n) is 5.64. The predicted molar refractivity (Wildman–Crippen MR) is 77.5 cm³/mol. The first-order valence-corrected chi connectivity index (χ1v) is 7.15. The van der Waals surface area contributed by atoms with Gasteiger partial charge in [-0.25, -0.2) is 18.7 Å². The minimum atomic E-state index is -0.453. The Morgan fingerprint density at radius 2 is 2.09 bits per heavy atom. The number of halogens is 2. The number of nitrogens with two attached hydrogens (primary N) is 1. The van der Waals surface area contributed by atoms with Crippen LogP contribution in [0.2, 0.25) is 0 Å². The fourth-order valence-electron chi connectivity index (χ4n) is 3.22. The van der Waals surface area contributed by atoms with Crippen molar-refractivity contribution in [3.63, 3.8) is 0 Å². The Bertz CT molecular complexity index is 858. The van der Waals surface area contributed by atoms with E-state index in [0.717, 1.165) is 23.5 Å². The van der Waals surface area contributed by atoms with Crippen molar-refractivity contribution < 1.29 is 8.78 Å². The predicted octanol–water partition coefficient (Wildman–Crippen LogP) is 2.22. The molecule has 1 aliphatic rings. The number of fused-ring (bicyclic) bond motifs is 3. The number of imidazole rings is 1. The van der Waals surface area contributed by atoms with Crippen molar-refractivity contribution in [2.24, 2.45) is 5.73 Å². The van der Waals surface area contributed by atoms with Gasteiger partial charge in [-0.15, -0.1) is 0 Å². The maximum absolute atomic E-state index is 14.0. The minimum absolute atomic E-state index is 0.284. The van der Waals surface area contributed by atoms with Crippen LogP contribution in [-0.2, 0) is 12.8 Å². The molecule has 2 heterocycles. The molecule has 0 radical (unpaired) electrons. The van der Waals surface area contributed by atoms with Gasteiger partial charge in [0, 0.05) is 42.9 Å². The molecular weight excluding hydrogens is 286 g/mol. The fourth-order valence-corrected chi connectivity index (χ4v) is 3.22. The lowest BCUT2D eigenvalue weighted by Gasteiger charge is -2.29. The number of nitrogens with zero attached hydrogens (tertiary/aromatic N) is 3. The van der Waals surface area contributed by atoms with Gasteiger partial charge >= 0.3 is 0 Å². The van der Waals surface area contributed by atoms with E-state index in [-0.39, 0.29) is 12.0 Å². The lowest BCUT2D eigenvalue weighted by Crippen LogP contribution is -2.36. The molecule has 2 N–H and O–H groups in total. The largest absolute Gasteiger partial charge is 0.327 e. The molecular formula is C16H14F2N4. The van der Waals surface area contributed by atoms with E-state index in [1.54, 1.807) is 6.20 Å². The Labute approximate surface area is 125 Å². The topological polar surface area (TPSA) is 56.2 Å². The van der Waals surface area contributed by atoms with Gasteiger partial charge in [0.1, 0.15) is 11.6 Å². The highest BCUT2D eigenvalue weighted by Crippen LogP contribution is 2.33. The number of benzene rings is 1. The van der Waals surface area contributed by atoms with Crippen molar-refractivity contribution in [1.29, 1.82) is 0 Å². The first kappa shape index (κ1) is 13.3. The summed E-state index contributed by atoms with van der Waals surface area (Å²) in [5, 5.41) is 0. The molecule has 1 aliphatic carbocycles. The van der Waals surface area contributed by atoms with Crippen molar-refractivity contribution in [2.45, 2.75) is 24.8 Å². The monoisotopic (exact) mass is 300 g/mol. The van der Waals surface area contributed by atoms with Gasteiger partial charge in [0.05, 0.1) is 5.69 Å². The van der Waals surface area contributed by atoms with Gasteiger partial charge in [0.15, 0.2) is 0 Å². The zero-order chi connectivity index (χ0) is 15.3. The lowest BCUT2D eigenvalue weighted by atomic mass is 9.80. The number of rotatable bonds is 1. The lowest BCUT2D eigenvalue weighted by molar-refractivity contribution is 0.460. The molecule has 0 bridgehead atoms. The third kappa shape index (κ3) is 1.99. The van der Waals surface area contributed by atoms with E-state index in [2.05, 4.69) is 9.97 Å². The molecule has 6 heteroatoms. The smallest absolute Gasteiger partial charge is 0.234 e. The molecule has 2 aromatic heterocycles. The summed E-state index contributed by atoms with van der Waals surface area (Å²) in [5.41, 5.74) is 8.43. The van der Waals surface area contributed by atoms with Gasteiger partial charge in [-0.05, 0) is 29.8 Å². The summed E-state index contributed by atoms with van der Waals surface area (Å²) in [6.45, 7) is 0. The SMILES string of the molecule is N[C@H]1Cc2c(nc3ncccn23)C[C@@H]1c1cc(F)ccc1F. The number of aromatic nitrogens is 3. The zero-order valence-corrected chi connectivity index (χ0v) is 11.7. The average molecular weight is 300 g/mol. The average Bonchev–Trinajstić information content (AvgIpc) is 2.87. The Morgan fingerprint density at radius 3 is 2.95 bits per heavy atom. The number of hydrogen-bond donors (Lipinski definition) is 1. The van der Waals surface area contributed by atoms with E-state index in [9.17, 15) is 8.78 Å². The molecule has 3 aromatic rings. The molecule has 0 fully saturated rings. The standard InChI is InChI=1S/C16H14F2N4/c17-9-2-3-12(18)10(6-9)11-7-14-15(8-13(11)19)22-5-1-4-20-16(22)21-14/h1-6,11,13H,7-8,19H2/t11-,13+/m1/s1. The summed E-state index contributed by atoms with van der Waals surface area (Å²) in [6.07, 6.45) is 4.62. The van der Waals surface area contributed by atoms with Crippen LogP contribution in [0.25, 0.3) is 5.78 Å². The van der Waals surface area contributed by atoms with Crippen LogP contribution in [0.4, 0.5) is 8.78 Å². The van der Waals surface area contributed by atoms with Gasteiger partial charge in [-0.3, -0.25) is 4.40 Å². The minimum Gasteiger partial charge on any atom is -0.327 e. The fraction of sp³-hybridized carbons (Fsp3) is 0.250. The molecule has 22 heavy (non-hydrogen) atoms. The molecule has 0 saturated heterocycles. The molecule has 0 unspecified atom stereocenters. The highest BCUT2D eigenvalue weighted by atomic mass is 19.1. The summed E-state index contributed by atoms with van der Waals surface area (Å²) in [5.74, 6) is -0.550. The Hall–Kier alpha value is -2.34. The third-order valence-corrected chi connectivity index (χ3v) is 4.30. The van der Waals surface area contributed by atoms with Crippen molar-refractivity contribution in [3.8, 4) is 0 Å². The van der Waals surface area contributed by atoms with Gasteiger partial charge < -0.3 is 5.73 Å². The summed E-state index contributed by atoms with van der Waals surface area (Å²) in [6, 6.07) is 5.05. The molecule has 0 amide bonds. The molecule has 1 aromatic carbocycles. The van der Waals surface area contributed by atoms with E-state index in [4.69, 9.17) is 5.73 Å². The Morgan fingerprint density at radius 1 is 1.23 bits per heavy atom. The second-order valence-corrected chi connectivity index (χ2v) is 5.64. The number of hydrogen-bond acceptors (Lipinski definition) is 3. The summed E-state index contributed by atoms with van der Waals surface area (Å²) in [7, 11) is 0.